The fourth-order valence-electron chi connectivity index (χ4n) is 3.69. The number of carbonyl (C=O) groups excluding carboxylic acids is 3. The Labute approximate surface area is 195 Å². The summed E-state index contributed by atoms with van der Waals surface area (Å²) in [5.74, 6) is -1.37. The second-order valence-electron chi connectivity index (χ2n) is 8.92. The number of hydrogen-bond acceptors (Lipinski definition) is 5. The van der Waals surface area contributed by atoms with E-state index in [1.165, 1.54) is 31.2 Å². The summed E-state index contributed by atoms with van der Waals surface area (Å²) < 4.78 is 46.4. The Bertz CT molecular complexity index is 1060. The summed E-state index contributed by atoms with van der Waals surface area (Å²) >= 11 is 0. The van der Waals surface area contributed by atoms with E-state index in [-0.39, 0.29) is 24.1 Å². The summed E-state index contributed by atoms with van der Waals surface area (Å²) in [6.45, 7) is 8.50. The SMILES string of the molecule is CCOC(=O)c1cnn(-c2ccc(C(=O)N3CCN(C(=O)C(C)(C)C)CC3)cc2)c1C(F)(F)F. The number of rotatable bonds is 4. The first-order valence-electron chi connectivity index (χ1n) is 10.9. The molecule has 8 nitrogen and oxygen atoms in total. The summed E-state index contributed by atoms with van der Waals surface area (Å²) in [6.07, 6.45) is -4.03. The molecule has 3 rings (SSSR count). The lowest BCUT2D eigenvalue weighted by Crippen LogP contribution is -2.53. The molecular formula is C23H27F3N4O4. The van der Waals surface area contributed by atoms with Crippen molar-refractivity contribution in [2.45, 2.75) is 33.9 Å². The predicted molar refractivity (Wildman–Crippen MR) is 116 cm³/mol. The number of ether oxygens (including phenoxy) is 1. The van der Waals surface area contributed by atoms with E-state index in [1.807, 2.05) is 20.8 Å². The van der Waals surface area contributed by atoms with Gasteiger partial charge in [0.2, 0.25) is 5.91 Å². The van der Waals surface area contributed by atoms with Crippen LogP contribution >= 0.6 is 0 Å². The van der Waals surface area contributed by atoms with Gasteiger partial charge in [0.05, 0.1) is 18.5 Å². The molecule has 2 heterocycles. The van der Waals surface area contributed by atoms with Gasteiger partial charge in [-0.05, 0) is 31.2 Å². The fraction of sp³-hybridized carbons (Fsp3) is 0.478. The summed E-state index contributed by atoms with van der Waals surface area (Å²) in [6, 6.07) is 5.50. The van der Waals surface area contributed by atoms with Gasteiger partial charge in [-0.15, -0.1) is 0 Å². The highest BCUT2D eigenvalue weighted by atomic mass is 19.4. The van der Waals surface area contributed by atoms with Gasteiger partial charge in [0, 0.05) is 37.2 Å². The lowest BCUT2D eigenvalue weighted by molar-refractivity contribution is -0.143. The number of aromatic nitrogens is 2. The minimum absolute atomic E-state index is 0.0193. The first-order valence-corrected chi connectivity index (χ1v) is 10.9. The van der Waals surface area contributed by atoms with Gasteiger partial charge in [-0.2, -0.15) is 18.3 Å². The zero-order valence-corrected chi connectivity index (χ0v) is 19.5. The molecule has 0 unspecified atom stereocenters. The summed E-state index contributed by atoms with van der Waals surface area (Å²) in [7, 11) is 0. The average molecular weight is 480 g/mol. The van der Waals surface area contributed by atoms with Gasteiger partial charge < -0.3 is 14.5 Å². The molecule has 0 saturated carbocycles. The van der Waals surface area contributed by atoms with E-state index in [9.17, 15) is 27.6 Å². The molecule has 0 radical (unpaired) electrons. The van der Waals surface area contributed by atoms with Crippen LogP contribution in [-0.2, 0) is 15.7 Å². The van der Waals surface area contributed by atoms with Crippen LogP contribution in [-0.4, -0.2) is 70.1 Å². The van der Waals surface area contributed by atoms with Crippen molar-refractivity contribution in [1.29, 1.82) is 0 Å². The van der Waals surface area contributed by atoms with Crippen LogP contribution in [0, 0.1) is 5.41 Å². The third-order valence-corrected chi connectivity index (χ3v) is 5.39. The number of halogens is 3. The Hall–Kier alpha value is -3.37. The molecule has 1 aromatic carbocycles. The quantitative estimate of drug-likeness (QED) is 0.627. The third-order valence-electron chi connectivity index (χ3n) is 5.39. The Morgan fingerprint density at radius 3 is 2.03 bits per heavy atom. The van der Waals surface area contributed by atoms with Gasteiger partial charge >= 0.3 is 12.1 Å². The molecule has 0 aliphatic carbocycles. The molecule has 184 valence electrons. The van der Waals surface area contributed by atoms with Crippen molar-refractivity contribution >= 4 is 17.8 Å². The van der Waals surface area contributed by atoms with Crippen LogP contribution in [0.15, 0.2) is 30.5 Å². The van der Waals surface area contributed by atoms with E-state index < -0.39 is 28.8 Å². The molecule has 2 aromatic rings. The molecule has 1 saturated heterocycles. The molecule has 0 N–H and O–H groups in total. The Kier molecular flexibility index (Phi) is 7.04. The van der Waals surface area contributed by atoms with Crippen LogP contribution in [0.2, 0.25) is 0 Å². The van der Waals surface area contributed by atoms with Crippen LogP contribution in [0.3, 0.4) is 0 Å². The predicted octanol–water partition coefficient (Wildman–Crippen LogP) is 3.40. The third kappa shape index (κ3) is 5.23. The highest BCUT2D eigenvalue weighted by Crippen LogP contribution is 2.34. The second-order valence-corrected chi connectivity index (χ2v) is 8.92. The number of nitrogens with zero attached hydrogens (tertiary/aromatic N) is 4. The van der Waals surface area contributed by atoms with Crippen LogP contribution in [0.5, 0.6) is 0 Å². The van der Waals surface area contributed by atoms with Crippen molar-refractivity contribution in [3.8, 4) is 5.69 Å². The van der Waals surface area contributed by atoms with Gasteiger partial charge in [0.1, 0.15) is 5.56 Å². The van der Waals surface area contributed by atoms with Crippen molar-refractivity contribution in [3.05, 3.63) is 47.3 Å². The molecule has 0 atom stereocenters. The zero-order chi connectivity index (χ0) is 25.3. The van der Waals surface area contributed by atoms with E-state index in [0.717, 1.165) is 6.20 Å². The lowest BCUT2D eigenvalue weighted by atomic mass is 9.94. The van der Waals surface area contributed by atoms with Crippen LogP contribution in [0.1, 0.15) is 54.1 Å². The van der Waals surface area contributed by atoms with Gasteiger partial charge in [0.25, 0.3) is 5.91 Å². The van der Waals surface area contributed by atoms with Gasteiger partial charge in [-0.1, -0.05) is 20.8 Å². The first-order chi connectivity index (χ1) is 15.8. The highest BCUT2D eigenvalue weighted by molar-refractivity contribution is 5.95. The second kappa shape index (κ2) is 9.47. The average Bonchev–Trinajstić information content (AvgIpc) is 3.24. The van der Waals surface area contributed by atoms with Crippen molar-refractivity contribution in [2.24, 2.45) is 5.41 Å². The van der Waals surface area contributed by atoms with Gasteiger partial charge in [-0.3, -0.25) is 9.59 Å². The molecule has 0 spiro atoms. The fourth-order valence-corrected chi connectivity index (χ4v) is 3.69. The van der Waals surface area contributed by atoms with Crippen LogP contribution < -0.4 is 0 Å². The largest absolute Gasteiger partial charge is 0.462 e. The normalized spacial score (nSPS) is 14.8. The van der Waals surface area contributed by atoms with E-state index in [2.05, 4.69) is 5.10 Å². The van der Waals surface area contributed by atoms with Crippen molar-refractivity contribution < 1.29 is 32.3 Å². The van der Waals surface area contributed by atoms with Gasteiger partial charge in [0.15, 0.2) is 5.69 Å². The number of carbonyl (C=O) groups is 3. The molecule has 0 bridgehead atoms. The van der Waals surface area contributed by atoms with Gasteiger partial charge in [-0.25, -0.2) is 9.48 Å². The summed E-state index contributed by atoms with van der Waals surface area (Å²) in [5, 5.41) is 3.73. The zero-order valence-electron chi connectivity index (χ0n) is 19.5. The minimum atomic E-state index is -4.85. The number of piperazine rings is 1. The summed E-state index contributed by atoms with van der Waals surface area (Å²) in [5.41, 5.74) is -2.09. The molecule has 1 fully saturated rings. The molecule has 34 heavy (non-hydrogen) atoms. The molecule has 11 heteroatoms. The molecule has 1 aliphatic heterocycles. The smallest absolute Gasteiger partial charge is 0.434 e. The minimum Gasteiger partial charge on any atom is -0.462 e. The standard InChI is InChI=1S/C23H27F3N4O4/c1-5-34-20(32)17-14-27-30(18(17)23(24,25)26)16-8-6-15(7-9-16)19(31)28-10-12-29(13-11-28)21(33)22(2,3)4/h6-9,14H,5,10-13H2,1-4H3. The topological polar surface area (TPSA) is 84.7 Å². The van der Waals surface area contributed by atoms with E-state index in [1.54, 1.807) is 9.80 Å². The molecule has 1 aliphatic rings. The van der Waals surface area contributed by atoms with E-state index in [4.69, 9.17) is 4.74 Å². The van der Waals surface area contributed by atoms with E-state index >= 15 is 0 Å². The highest BCUT2D eigenvalue weighted by Gasteiger charge is 2.41. The number of hydrogen-bond donors (Lipinski definition) is 0. The Balaban J connectivity index is 1.77. The van der Waals surface area contributed by atoms with Crippen molar-refractivity contribution in [3.63, 3.8) is 0 Å². The van der Waals surface area contributed by atoms with Crippen LogP contribution in [0.25, 0.3) is 5.69 Å². The number of alkyl halides is 3. The summed E-state index contributed by atoms with van der Waals surface area (Å²) in [4.78, 5) is 40.6. The van der Waals surface area contributed by atoms with Crippen LogP contribution in [0.4, 0.5) is 13.2 Å². The van der Waals surface area contributed by atoms with Crippen molar-refractivity contribution in [1.82, 2.24) is 19.6 Å². The number of esters is 1. The van der Waals surface area contributed by atoms with Crippen molar-refractivity contribution in [2.75, 3.05) is 32.8 Å². The Morgan fingerprint density at radius 2 is 1.53 bits per heavy atom. The number of benzene rings is 1. The first kappa shape index (κ1) is 25.3. The lowest BCUT2D eigenvalue weighted by Gasteiger charge is -2.37. The maximum absolute atomic E-state index is 13.7. The Morgan fingerprint density at radius 1 is 0.971 bits per heavy atom. The maximum Gasteiger partial charge on any atom is 0.434 e. The molecule has 1 aromatic heterocycles. The molecule has 2 amide bonds. The monoisotopic (exact) mass is 480 g/mol. The maximum atomic E-state index is 13.7. The number of amides is 2. The van der Waals surface area contributed by atoms with E-state index in [0.29, 0.717) is 36.4 Å². The molecular weight excluding hydrogens is 453 g/mol.